The lowest BCUT2D eigenvalue weighted by molar-refractivity contribution is -0.143. The summed E-state index contributed by atoms with van der Waals surface area (Å²) in [5.74, 6) is -5.23. The maximum absolute atomic E-state index is 12.3. The number of rotatable bonds is 13. The largest absolute Gasteiger partial charge is 0.480 e. The zero-order chi connectivity index (χ0) is 22.7. The molecule has 13 nitrogen and oxygen atoms in total. The van der Waals surface area contributed by atoms with Gasteiger partial charge in [0.1, 0.15) is 18.1 Å². The van der Waals surface area contributed by atoms with E-state index >= 15 is 0 Å². The van der Waals surface area contributed by atoms with E-state index in [1.165, 1.54) is 0 Å². The molecule has 0 aromatic carbocycles. The molecule has 4 amide bonds. The molecule has 4 atom stereocenters. The molecular formula is C16H29N5O8. The third kappa shape index (κ3) is 9.82. The van der Waals surface area contributed by atoms with Gasteiger partial charge in [0.15, 0.2) is 0 Å². The fourth-order valence-corrected chi connectivity index (χ4v) is 2.23. The number of amides is 4. The SMILES string of the molecule is CC(C)CC(N)C(=O)NC(CO)C(=O)NC(CC(N)=O)C(=O)NC(CO)C(=O)O. The van der Waals surface area contributed by atoms with Gasteiger partial charge in [-0.2, -0.15) is 0 Å². The lowest BCUT2D eigenvalue weighted by Crippen LogP contribution is -2.59. The van der Waals surface area contributed by atoms with Crippen LogP contribution >= 0.6 is 0 Å². The summed E-state index contributed by atoms with van der Waals surface area (Å²) >= 11 is 0. The number of hydrogen-bond acceptors (Lipinski definition) is 8. The molecule has 0 aliphatic heterocycles. The van der Waals surface area contributed by atoms with Crippen molar-refractivity contribution in [3.8, 4) is 0 Å². The molecule has 13 heteroatoms. The monoisotopic (exact) mass is 419 g/mol. The summed E-state index contributed by atoms with van der Waals surface area (Å²) in [6.45, 7) is 1.92. The van der Waals surface area contributed by atoms with Gasteiger partial charge in [-0.25, -0.2) is 4.79 Å². The van der Waals surface area contributed by atoms with Crippen LogP contribution in [0.4, 0.5) is 0 Å². The topological polar surface area (TPSA) is 234 Å². The van der Waals surface area contributed by atoms with Gasteiger partial charge < -0.3 is 42.7 Å². The Morgan fingerprint density at radius 2 is 1.28 bits per heavy atom. The number of aliphatic hydroxyl groups excluding tert-OH is 2. The summed E-state index contributed by atoms with van der Waals surface area (Å²) in [6, 6.07) is -5.67. The Morgan fingerprint density at radius 3 is 1.69 bits per heavy atom. The number of hydrogen-bond donors (Lipinski definition) is 8. The van der Waals surface area contributed by atoms with E-state index in [0.29, 0.717) is 6.42 Å². The molecule has 29 heavy (non-hydrogen) atoms. The Hall–Kier alpha value is -2.77. The van der Waals surface area contributed by atoms with Crippen LogP contribution in [0.25, 0.3) is 0 Å². The summed E-state index contributed by atoms with van der Waals surface area (Å²) in [6.07, 6.45) is -0.357. The Morgan fingerprint density at radius 1 is 0.828 bits per heavy atom. The molecule has 0 saturated heterocycles. The first-order valence-electron chi connectivity index (χ1n) is 8.82. The lowest BCUT2D eigenvalue weighted by Gasteiger charge is -2.23. The van der Waals surface area contributed by atoms with Crippen LogP contribution in [-0.4, -0.2) is 82.3 Å². The standard InChI is InChI=1S/C16H29N5O8/c1-7(2)3-8(17)13(25)20-10(5-22)15(27)19-9(4-12(18)24)14(26)21-11(6-23)16(28)29/h7-11,22-23H,3-6,17H2,1-2H3,(H2,18,24)(H,19,27)(H,20,25)(H,21,26)(H,28,29). The van der Waals surface area contributed by atoms with Crippen LogP contribution < -0.4 is 27.4 Å². The third-order valence-electron chi connectivity index (χ3n) is 3.71. The summed E-state index contributed by atoms with van der Waals surface area (Å²) < 4.78 is 0. The van der Waals surface area contributed by atoms with Crippen molar-refractivity contribution in [3.63, 3.8) is 0 Å². The maximum atomic E-state index is 12.3. The molecule has 0 heterocycles. The van der Waals surface area contributed by atoms with Crippen LogP contribution in [0.3, 0.4) is 0 Å². The molecule has 10 N–H and O–H groups in total. The number of carbonyl (C=O) groups is 5. The van der Waals surface area contributed by atoms with Crippen molar-refractivity contribution in [2.75, 3.05) is 13.2 Å². The van der Waals surface area contributed by atoms with Crippen molar-refractivity contribution in [3.05, 3.63) is 0 Å². The van der Waals surface area contributed by atoms with Crippen molar-refractivity contribution in [2.45, 2.75) is 50.9 Å². The average Bonchev–Trinajstić information content (AvgIpc) is 2.61. The molecule has 0 aliphatic rings. The van der Waals surface area contributed by atoms with Crippen LogP contribution in [0.15, 0.2) is 0 Å². The predicted octanol–water partition coefficient (Wildman–Crippen LogP) is -4.24. The summed E-state index contributed by atoms with van der Waals surface area (Å²) in [4.78, 5) is 58.6. The molecule has 0 bridgehead atoms. The number of carboxylic acid groups (broad SMARTS) is 1. The van der Waals surface area contributed by atoms with Crippen molar-refractivity contribution in [1.82, 2.24) is 16.0 Å². The van der Waals surface area contributed by atoms with E-state index in [-0.39, 0.29) is 5.92 Å². The summed E-state index contributed by atoms with van der Waals surface area (Å²) in [5, 5.41) is 33.5. The van der Waals surface area contributed by atoms with Gasteiger partial charge in [0.25, 0.3) is 0 Å². The molecule has 0 aromatic rings. The number of aliphatic carboxylic acids is 1. The van der Waals surface area contributed by atoms with E-state index < -0.39 is 73.4 Å². The molecule has 0 rings (SSSR count). The van der Waals surface area contributed by atoms with Gasteiger partial charge >= 0.3 is 5.97 Å². The first kappa shape index (κ1) is 26.2. The lowest BCUT2D eigenvalue weighted by atomic mass is 10.0. The Bertz CT molecular complexity index is 612. The van der Waals surface area contributed by atoms with Crippen molar-refractivity contribution in [1.29, 1.82) is 0 Å². The van der Waals surface area contributed by atoms with E-state index in [2.05, 4.69) is 10.6 Å². The highest BCUT2D eigenvalue weighted by atomic mass is 16.4. The first-order chi connectivity index (χ1) is 13.4. The highest BCUT2D eigenvalue weighted by Crippen LogP contribution is 2.03. The van der Waals surface area contributed by atoms with Crippen molar-refractivity contribution >= 4 is 29.6 Å². The number of nitrogens with one attached hydrogen (secondary N) is 3. The molecule has 166 valence electrons. The van der Waals surface area contributed by atoms with Gasteiger partial charge in [0, 0.05) is 0 Å². The Labute approximate surface area is 167 Å². The molecule has 4 unspecified atom stereocenters. The van der Waals surface area contributed by atoms with Crippen LogP contribution in [0.1, 0.15) is 26.7 Å². The zero-order valence-corrected chi connectivity index (χ0v) is 16.3. The van der Waals surface area contributed by atoms with E-state index in [9.17, 15) is 29.1 Å². The minimum absolute atomic E-state index is 0.106. The minimum atomic E-state index is -1.67. The van der Waals surface area contributed by atoms with Gasteiger partial charge in [-0.15, -0.1) is 0 Å². The number of carbonyl (C=O) groups excluding carboxylic acids is 4. The van der Waals surface area contributed by atoms with E-state index in [0.717, 1.165) is 0 Å². The van der Waals surface area contributed by atoms with Crippen LogP contribution in [-0.2, 0) is 24.0 Å². The molecule has 0 spiro atoms. The van der Waals surface area contributed by atoms with Crippen LogP contribution in [0.2, 0.25) is 0 Å². The normalized spacial score (nSPS) is 15.0. The van der Waals surface area contributed by atoms with E-state index in [4.69, 9.17) is 21.7 Å². The first-order valence-corrected chi connectivity index (χ1v) is 8.82. The molecule has 0 saturated carbocycles. The second-order valence-corrected chi connectivity index (χ2v) is 6.79. The minimum Gasteiger partial charge on any atom is -0.480 e. The maximum Gasteiger partial charge on any atom is 0.328 e. The van der Waals surface area contributed by atoms with Crippen molar-refractivity contribution in [2.24, 2.45) is 17.4 Å². The number of nitrogens with two attached hydrogens (primary N) is 2. The fraction of sp³-hybridized carbons (Fsp3) is 0.688. The predicted molar refractivity (Wildman–Crippen MR) is 98.8 cm³/mol. The molecule has 0 aromatic heterocycles. The molecule has 0 fully saturated rings. The molecular weight excluding hydrogens is 390 g/mol. The van der Waals surface area contributed by atoms with Gasteiger partial charge in [-0.3, -0.25) is 19.2 Å². The van der Waals surface area contributed by atoms with Gasteiger partial charge in [0.05, 0.1) is 25.7 Å². The molecule has 0 aliphatic carbocycles. The number of primary amides is 1. The van der Waals surface area contributed by atoms with Gasteiger partial charge in [-0.1, -0.05) is 13.8 Å². The second kappa shape index (κ2) is 12.6. The smallest absolute Gasteiger partial charge is 0.328 e. The summed E-state index contributed by atoms with van der Waals surface area (Å²) in [5.41, 5.74) is 10.7. The highest BCUT2D eigenvalue weighted by molar-refractivity contribution is 5.96. The number of aliphatic hydroxyl groups is 2. The van der Waals surface area contributed by atoms with Crippen molar-refractivity contribution < 1.29 is 39.3 Å². The van der Waals surface area contributed by atoms with Crippen LogP contribution in [0, 0.1) is 5.92 Å². The molecule has 0 radical (unpaired) electrons. The zero-order valence-electron chi connectivity index (χ0n) is 16.3. The van der Waals surface area contributed by atoms with E-state index in [1.807, 2.05) is 19.2 Å². The number of carboxylic acids is 1. The fourth-order valence-electron chi connectivity index (χ4n) is 2.23. The third-order valence-corrected chi connectivity index (χ3v) is 3.71. The Kier molecular flexibility index (Phi) is 11.4. The average molecular weight is 419 g/mol. The van der Waals surface area contributed by atoms with Crippen LogP contribution in [0.5, 0.6) is 0 Å². The highest BCUT2D eigenvalue weighted by Gasteiger charge is 2.30. The second-order valence-electron chi connectivity index (χ2n) is 6.79. The van der Waals surface area contributed by atoms with Gasteiger partial charge in [0.2, 0.25) is 23.6 Å². The Balaban J connectivity index is 5.17. The quantitative estimate of drug-likeness (QED) is 0.144. The summed E-state index contributed by atoms with van der Waals surface area (Å²) in [7, 11) is 0. The van der Waals surface area contributed by atoms with Gasteiger partial charge in [-0.05, 0) is 12.3 Å². The van der Waals surface area contributed by atoms with E-state index in [1.54, 1.807) is 0 Å².